The number of unbranched alkanes of at least 4 members (excludes halogenated alkanes) is 11. The molecule has 4 aromatic rings. The van der Waals surface area contributed by atoms with Crippen LogP contribution in [0, 0.1) is 33.7 Å². The number of allylic oxidation sites excluding steroid dienone is 1. The fraction of sp³-hybridized carbons (Fsp3) is 0.500. The molecule has 13 nitrogen and oxygen atoms in total. The van der Waals surface area contributed by atoms with E-state index in [9.17, 15) is 24.7 Å². The number of halogens is 1. The Morgan fingerprint density at radius 3 is 2.26 bits per heavy atom. The van der Waals surface area contributed by atoms with Crippen LogP contribution in [0.1, 0.15) is 139 Å². The van der Waals surface area contributed by atoms with Crippen LogP contribution in [0.3, 0.4) is 0 Å². The van der Waals surface area contributed by atoms with E-state index >= 15 is 4.79 Å². The number of oxime groups is 1. The number of amides is 1. The van der Waals surface area contributed by atoms with Gasteiger partial charge in [-0.1, -0.05) is 143 Å². The van der Waals surface area contributed by atoms with Crippen LogP contribution >= 0.6 is 0 Å². The van der Waals surface area contributed by atoms with Gasteiger partial charge in [-0.05, 0) is 97.0 Å². The number of nitrogens with zero attached hydrogens (tertiary/aromatic N) is 3. The Bertz CT molecular complexity index is 2470. The van der Waals surface area contributed by atoms with Crippen LogP contribution in [0.2, 0.25) is 0 Å². The van der Waals surface area contributed by atoms with Crippen LogP contribution < -0.4 is 9.47 Å². The van der Waals surface area contributed by atoms with Gasteiger partial charge in [-0.3, -0.25) is 15.0 Å². The summed E-state index contributed by atoms with van der Waals surface area (Å²) in [6, 6.07) is 26.5. The zero-order valence-corrected chi connectivity index (χ0v) is 43.1. The maximum Gasteiger partial charge on any atom is 0.410 e. The van der Waals surface area contributed by atoms with E-state index in [4.69, 9.17) is 28.9 Å². The lowest BCUT2D eigenvalue weighted by molar-refractivity contribution is -0.384. The Morgan fingerprint density at radius 1 is 0.851 bits per heavy atom. The summed E-state index contributed by atoms with van der Waals surface area (Å²) in [5.74, 6) is -1.84. The minimum Gasteiger partial charge on any atom is -0.459 e. The molecule has 398 valence electrons. The van der Waals surface area contributed by atoms with Crippen molar-refractivity contribution in [1.29, 1.82) is 0 Å². The van der Waals surface area contributed by atoms with Crippen LogP contribution in [-0.4, -0.2) is 70.1 Å². The van der Waals surface area contributed by atoms with Crippen LogP contribution in [0.15, 0.2) is 127 Å². The molecule has 7 rings (SSSR count). The monoisotopic (exact) mass is 1020 g/mol. The van der Waals surface area contributed by atoms with Crippen molar-refractivity contribution in [1.82, 2.24) is 4.90 Å². The minimum absolute atomic E-state index is 0.0293. The molecule has 3 aliphatic rings. The number of rotatable bonds is 31. The zero-order valence-electron chi connectivity index (χ0n) is 43.1. The van der Waals surface area contributed by atoms with E-state index in [1.807, 2.05) is 42.5 Å². The lowest BCUT2D eigenvalue weighted by atomic mass is 9.55. The molecule has 0 spiro atoms. The molecule has 6 atom stereocenters. The molecule has 2 aliphatic carbocycles. The summed E-state index contributed by atoms with van der Waals surface area (Å²) >= 11 is 0. The fourth-order valence-electron chi connectivity index (χ4n) is 11.2. The Hall–Kier alpha value is -6.09. The molecule has 0 saturated heterocycles. The highest BCUT2D eigenvalue weighted by molar-refractivity contribution is 6.03. The molecule has 6 unspecified atom stereocenters. The van der Waals surface area contributed by atoms with E-state index < -0.39 is 34.6 Å². The number of nitro groups is 1. The largest absolute Gasteiger partial charge is 0.459 e. The first kappa shape index (κ1) is 55.7. The van der Waals surface area contributed by atoms with Gasteiger partial charge >= 0.3 is 6.09 Å². The molecule has 14 heteroatoms. The van der Waals surface area contributed by atoms with Crippen molar-refractivity contribution in [2.75, 3.05) is 26.4 Å². The summed E-state index contributed by atoms with van der Waals surface area (Å²) in [5.41, 5.74) is 3.78. The standard InChI is InChI=1S/C60H76FN3O10/c1-3-5-6-7-8-9-10-11-12-20-37-70-59(67)63(42-44-28-30-47(61)31-29-44)56-41-54(62-72-43-45-22-14-13-15-23-45)52-38-46(24-16-18-34-65)51(27-17-19-35-66)57-53-40-50(73-49-26-21-25-48(39-49)64(68)69)32-33-55(53)74-60(56,58(52)57)71-36-4-2/h4,13-15,21-23,25-26,28-33,38-40,46,51,56-58,65-66H,2-3,5-12,16-20,24,27,34-37,41-43H2,1H3. The second-order valence-electron chi connectivity index (χ2n) is 19.9. The number of hydrogen-bond acceptors (Lipinski definition) is 11. The van der Waals surface area contributed by atoms with E-state index in [-0.39, 0.29) is 69.4 Å². The van der Waals surface area contributed by atoms with Crippen LogP contribution in [0.25, 0.3) is 0 Å². The van der Waals surface area contributed by atoms with Gasteiger partial charge in [-0.25, -0.2) is 9.18 Å². The molecule has 1 aliphatic heterocycles. The topological polar surface area (TPSA) is 162 Å². The van der Waals surface area contributed by atoms with E-state index in [1.165, 1.54) is 62.8 Å². The summed E-state index contributed by atoms with van der Waals surface area (Å²) in [6.45, 7) is 6.86. The SMILES string of the molecule is C=CCOC12Oc3ccc(Oc4cccc([N+](=O)[O-])c4)cc3C3C(CCCCO)C(CCCCO)C=C(C(=NOCc4ccccc4)CC1N(Cc1ccc(F)cc1)C(=O)OCCCCCCCCCCCC)C32. The predicted octanol–water partition coefficient (Wildman–Crippen LogP) is 13.9. The molecule has 1 heterocycles. The maximum absolute atomic E-state index is 15.1. The smallest absolute Gasteiger partial charge is 0.410 e. The lowest BCUT2D eigenvalue weighted by Crippen LogP contribution is -2.70. The Morgan fingerprint density at radius 2 is 1.55 bits per heavy atom. The second kappa shape index (κ2) is 28.5. The Labute approximate surface area is 436 Å². The summed E-state index contributed by atoms with van der Waals surface area (Å²) in [5, 5.41) is 36.9. The molecular weight excluding hydrogens is 942 g/mol. The van der Waals surface area contributed by atoms with Crippen molar-refractivity contribution < 1.29 is 48.1 Å². The fourth-order valence-corrected chi connectivity index (χ4v) is 11.2. The van der Waals surface area contributed by atoms with Crippen molar-refractivity contribution >= 4 is 17.5 Å². The number of carbonyl (C=O) groups is 1. The molecule has 4 aromatic carbocycles. The van der Waals surface area contributed by atoms with Gasteiger partial charge in [0.05, 0.1) is 35.8 Å². The summed E-state index contributed by atoms with van der Waals surface area (Å²) in [4.78, 5) is 34.3. The van der Waals surface area contributed by atoms with Gasteiger partial charge in [-0.15, -0.1) is 6.58 Å². The van der Waals surface area contributed by atoms with Gasteiger partial charge in [0, 0.05) is 43.7 Å². The highest BCUT2D eigenvalue weighted by Gasteiger charge is 2.65. The van der Waals surface area contributed by atoms with Gasteiger partial charge in [0.15, 0.2) is 0 Å². The average Bonchev–Trinajstić information content (AvgIpc) is 3.45. The first-order valence-electron chi connectivity index (χ1n) is 27.0. The van der Waals surface area contributed by atoms with E-state index in [0.29, 0.717) is 54.2 Å². The maximum atomic E-state index is 15.1. The molecule has 74 heavy (non-hydrogen) atoms. The third kappa shape index (κ3) is 14.6. The van der Waals surface area contributed by atoms with Gasteiger partial charge in [-0.2, -0.15) is 0 Å². The first-order valence-corrected chi connectivity index (χ1v) is 27.0. The van der Waals surface area contributed by atoms with Gasteiger partial charge in [0.25, 0.3) is 5.69 Å². The minimum atomic E-state index is -1.58. The molecule has 0 bridgehead atoms. The zero-order chi connectivity index (χ0) is 52.1. The quantitative estimate of drug-likeness (QED) is 0.0215. The molecule has 1 saturated carbocycles. The molecule has 2 N–H and O–H groups in total. The van der Waals surface area contributed by atoms with Crippen LogP contribution in [0.4, 0.5) is 14.9 Å². The number of nitro benzene ring substituents is 1. The van der Waals surface area contributed by atoms with Gasteiger partial charge in [0.1, 0.15) is 35.7 Å². The van der Waals surface area contributed by atoms with Crippen LogP contribution in [-0.2, 0) is 27.5 Å². The molecule has 0 radical (unpaired) electrons. The molecular formula is C60H76FN3O10. The predicted molar refractivity (Wildman–Crippen MR) is 284 cm³/mol. The molecule has 0 aromatic heterocycles. The lowest BCUT2D eigenvalue weighted by Gasteiger charge is -2.59. The van der Waals surface area contributed by atoms with Crippen molar-refractivity contribution in [2.24, 2.45) is 22.9 Å². The number of hydrogen-bond donors (Lipinski definition) is 2. The highest BCUT2D eigenvalue weighted by atomic mass is 19.1. The van der Waals surface area contributed by atoms with Crippen molar-refractivity contribution in [2.45, 2.75) is 147 Å². The van der Waals surface area contributed by atoms with Crippen molar-refractivity contribution in [3.05, 3.63) is 154 Å². The third-order valence-electron chi connectivity index (χ3n) is 14.8. The Kier molecular flexibility index (Phi) is 21.5. The van der Waals surface area contributed by atoms with Gasteiger partial charge in [0.2, 0.25) is 5.79 Å². The summed E-state index contributed by atoms with van der Waals surface area (Å²) in [6.07, 6.45) is 19.0. The number of aliphatic hydroxyl groups is 2. The number of fused-ring (bicyclic) bond motifs is 2. The molecule has 1 fully saturated rings. The van der Waals surface area contributed by atoms with Gasteiger partial charge < -0.3 is 34.0 Å². The van der Waals surface area contributed by atoms with E-state index in [1.54, 1.807) is 41.3 Å². The first-order chi connectivity index (χ1) is 36.2. The second-order valence-corrected chi connectivity index (χ2v) is 19.9. The van der Waals surface area contributed by atoms with Crippen molar-refractivity contribution in [3.8, 4) is 17.2 Å². The number of ether oxygens (including phenoxy) is 4. The number of carbonyl (C=O) groups excluding carboxylic acids is 1. The average molecular weight is 1020 g/mol. The summed E-state index contributed by atoms with van der Waals surface area (Å²) in [7, 11) is 0. The van der Waals surface area contributed by atoms with Crippen molar-refractivity contribution in [3.63, 3.8) is 0 Å². The third-order valence-corrected chi connectivity index (χ3v) is 14.8. The number of non-ortho nitro benzene ring substituents is 1. The van der Waals surface area contributed by atoms with Crippen LogP contribution in [0.5, 0.6) is 17.2 Å². The number of benzene rings is 4. The van der Waals surface area contributed by atoms with E-state index in [2.05, 4.69) is 19.6 Å². The summed E-state index contributed by atoms with van der Waals surface area (Å²) < 4.78 is 41.8. The Balaban J connectivity index is 1.35. The molecule has 1 amide bonds. The normalized spacial score (nSPS) is 21.2. The van der Waals surface area contributed by atoms with E-state index in [0.717, 1.165) is 55.2 Å². The highest BCUT2D eigenvalue weighted by Crippen LogP contribution is 2.62. The number of aliphatic hydroxyl groups excluding tert-OH is 2.